The summed E-state index contributed by atoms with van der Waals surface area (Å²) in [5, 5.41) is 4.36. The molecule has 0 radical (unpaired) electrons. The van der Waals surface area contributed by atoms with Crippen LogP contribution >= 0.6 is 0 Å². The fourth-order valence-electron chi connectivity index (χ4n) is 3.19. The molecule has 0 saturated heterocycles. The summed E-state index contributed by atoms with van der Waals surface area (Å²) in [6.45, 7) is 2.52. The van der Waals surface area contributed by atoms with Crippen LogP contribution < -0.4 is 4.90 Å². The standard InChI is InChI=1S/C19H18N4O/c1-14-7-8-16(12-20-14)19(24)22-13-17(23-10-4-9-21-23)11-15-5-2-3-6-18(15)22/h2-10,12,17H,11,13H2,1H3/t17-/m1/s1. The number of anilines is 1. The van der Waals surface area contributed by atoms with Crippen LogP contribution in [-0.2, 0) is 6.42 Å². The number of fused-ring (bicyclic) bond motifs is 1. The van der Waals surface area contributed by atoms with Crippen molar-refractivity contribution in [1.82, 2.24) is 14.8 Å². The van der Waals surface area contributed by atoms with Gasteiger partial charge in [0.1, 0.15) is 0 Å². The third-order valence-electron chi connectivity index (χ3n) is 4.43. The largest absolute Gasteiger partial charge is 0.306 e. The van der Waals surface area contributed by atoms with Gasteiger partial charge < -0.3 is 4.90 Å². The molecular weight excluding hydrogens is 300 g/mol. The normalized spacial score (nSPS) is 16.7. The van der Waals surface area contributed by atoms with E-state index in [1.165, 1.54) is 0 Å². The zero-order chi connectivity index (χ0) is 16.5. The van der Waals surface area contributed by atoms with Crippen molar-refractivity contribution >= 4 is 11.6 Å². The summed E-state index contributed by atoms with van der Waals surface area (Å²) in [5.41, 5.74) is 3.65. The fraction of sp³-hybridized carbons (Fsp3) is 0.211. The van der Waals surface area contributed by atoms with Gasteiger partial charge in [-0.05, 0) is 43.2 Å². The molecule has 1 aromatic carbocycles. The Morgan fingerprint density at radius 1 is 1.17 bits per heavy atom. The molecule has 5 heteroatoms. The lowest BCUT2D eigenvalue weighted by molar-refractivity contribution is 0.0979. The van der Waals surface area contributed by atoms with Crippen LogP contribution in [0.2, 0.25) is 0 Å². The number of hydrogen-bond donors (Lipinski definition) is 0. The lowest BCUT2D eigenvalue weighted by atomic mass is 9.97. The summed E-state index contributed by atoms with van der Waals surface area (Å²) in [6.07, 6.45) is 6.25. The molecule has 1 aliphatic rings. The fourth-order valence-corrected chi connectivity index (χ4v) is 3.19. The third-order valence-corrected chi connectivity index (χ3v) is 4.43. The summed E-state index contributed by atoms with van der Waals surface area (Å²) in [6, 6.07) is 13.8. The molecule has 0 spiro atoms. The second-order valence-electron chi connectivity index (χ2n) is 6.08. The van der Waals surface area contributed by atoms with E-state index in [9.17, 15) is 4.79 Å². The molecule has 0 fully saturated rings. The van der Waals surface area contributed by atoms with Crippen molar-refractivity contribution in [1.29, 1.82) is 0 Å². The van der Waals surface area contributed by atoms with Crippen molar-refractivity contribution in [3.63, 3.8) is 0 Å². The number of rotatable bonds is 2. The van der Waals surface area contributed by atoms with Crippen molar-refractivity contribution in [2.45, 2.75) is 19.4 Å². The van der Waals surface area contributed by atoms with Gasteiger partial charge in [-0.3, -0.25) is 14.5 Å². The van der Waals surface area contributed by atoms with Crippen LogP contribution in [0.25, 0.3) is 0 Å². The molecule has 120 valence electrons. The number of nitrogens with zero attached hydrogens (tertiary/aromatic N) is 4. The molecule has 3 heterocycles. The molecule has 0 aliphatic carbocycles. The van der Waals surface area contributed by atoms with Gasteiger partial charge in [0.05, 0.1) is 11.6 Å². The molecule has 4 rings (SSSR count). The monoisotopic (exact) mass is 318 g/mol. The molecule has 1 atom stereocenters. The molecule has 2 aromatic heterocycles. The first-order chi connectivity index (χ1) is 11.7. The number of pyridine rings is 1. The predicted molar refractivity (Wildman–Crippen MR) is 92.1 cm³/mol. The first kappa shape index (κ1) is 14.6. The number of carbonyl (C=O) groups excluding carboxylic acids is 1. The van der Waals surface area contributed by atoms with Crippen LogP contribution in [0, 0.1) is 6.92 Å². The maximum atomic E-state index is 13.0. The smallest absolute Gasteiger partial charge is 0.259 e. The molecule has 1 aliphatic heterocycles. The van der Waals surface area contributed by atoms with Gasteiger partial charge in [0.25, 0.3) is 5.91 Å². The predicted octanol–water partition coefficient (Wildman–Crippen LogP) is 3.03. The molecule has 0 N–H and O–H groups in total. The summed E-state index contributed by atoms with van der Waals surface area (Å²) >= 11 is 0. The number of aromatic nitrogens is 3. The molecule has 5 nitrogen and oxygen atoms in total. The van der Waals surface area contributed by atoms with E-state index >= 15 is 0 Å². The zero-order valence-corrected chi connectivity index (χ0v) is 13.5. The first-order valence-corrected chi connectivity index (χ1v) is 8.04. The molecule has 0 saturated carbocycles. The highest BCUT2D eigenvalue weighted by atomic mass is 16.2. The van der Waals surface area contributed by atoms with Crippen LogP contribution in [-0.4, -0.2) is 27.2 Å². The first-order valence-electron chi connectivity index (χ1n) is 8.04. The van der Waals surface area contributed by atoms with Gasteiger partial charge in [0.2, 0.25) is 0 Å². The van der Waals surface area contributed by atoms with E-state index in [-0.39, 0.29) is 11.9 Å². The van der Waals surface area contributed by atoms with Gasteiger partial charge in [0, 0.05) is 36.5 Å². The third kappa shape index (κ3) is 2.58. The van der Waals surface area contributed by atoms with E-state index in [0.29, 0.717) is 12.1 Å². The Balaban J connectivity index is 1.72. The number of para-hydroxylation sites is 1. The Morgan fingerprint density at radius 2 is 2.04 bits per heavy atom. The maximum absolute atomic E-state index is 13.0. The van der Waals surface area contributed by atoms with Gasteiger partial charge in [0.15, 0.2) is 0 Å². The van der Waals surface area contributed by atoms with Crippen molar-refractivity contribution in [2.75, 3.05) is 11.4 Å². The van der Waals surface area contributed by atoms with Crippen LogP contribution in [0.1, 0.15) is 27.7 Å². The van der Waals surface area contributed by atoms with Crippen LogP contribution in [0.5, 0.6) is 0 Å². The SMILES string of the molecule is Cc1ccc(C(=O)N2C[C@H](n3cccn3)Cc3ccccc32)cn1. The average molecular weight is 318 g/mol. The minimum absolute atomic E-state index is 0.0215. The van der Waals surface area contributed by atoms with Crippen molar-refractivity contribution in [3.05, 3.63) is 77.9 Å². The number of benzene rings is 1. The minimum atomic E-state index is -0.0215. The van der Waals surface area contributed by atoms with Crippen molar-refractivity contribution in [2.24, 2.45) is 0 Å². The van der Waals surface area contributed by atoms with Gasteiger partial charge in [-0.15, -0.1) is 0 Å². The van der Waals surface area contributed by atoms with Gasteiger partial charge in [-0.1, -0.05) is 18.2 Å². The topological polar surface area (TPSA) is 51.0 Å². The maximum Gasteiger partial charge on any atom is 0.259 e. The Hall–Kier alpha value is -2.95. The van der Waals surface area contributed by atoms with Crippen molar-refractivity contribution < 1.29 is 4.79 Å². The van der Waals surface area contributed by atoms with Gasteiger partial charge in [-0.25, -0.2) is 0 Å². The molecule has 0 bridgehead atoms. The summed E-state index contributed by atoms with van der Waals surface area (Å²) in [4.78, 5) is 19.1. The lowest BCUT2D eigenvalue weighted by Crippen LogP contribution is -2.41. The molecule has 1 amide bonds. The van der Waals surface area contributed by atoms with E-state index in [1.54, 1.807) is 12.4 Å². The summed E-state index contributed by atoms with van der Waals surface area (Å²) < 4.78 is 1.93. The molecule has 0 unspecified atom stereocenters. The average Bonchev–Trinajstić information content (AvgIpc) is 3.15. The molecule has 24 heavy (non-hydrogen) atoms. The Labute approximate surface area is 140 Å². The second-order valence-corrected chi connectivity index (χ2v) is 6.08. The number of hydrogen-bond acceptors (Lipinski definition) is 3. The van der Waals surface area contributed by atoms with Gasteiger partial charge in [-0.2, -0.15) is 5.10 Å². The van der Waals surface area contributed by atoms with Crippen LogP contribution in [0.15, 0.2) is 61.1 Å². The number of carbonyl (C=O) groups is 1. The van der Waals surface area contributed by atoms with E-state index in [0.717, 1.165) is 23.4 Å². The number of amides is 1. The van der Waals surface area contributed by atoms with E-state index in [4.69, 9.17) is 0 Å². The molecule has 3 aromatic rings. The van der Waals surface area contributed by atoms with E-state index < -0.39 is 0 Å². The van der Waals surface area contributed by atoms with E-state index in [2.05, 4.69) is 16.1 Å². The summed E-state index contributed by atoms with van der Waals surface area (Å²) in [5.74, 6) is -0.0215. The lowest BCUT2D eigenvalue weighted by Gasteiger charge is -2.34. The second kappa shape index (κ2) is 5.92. The highest BCUT2D eigenvalue weighted by molar-refractivity contribution is 6.06. The quantitative estimate of drug-likeness (QED) is 0.730. The van der Waals surface area contributed by atoms with Crippen LogP contribution in [0.3, 0.4) is 0 Å². The van der Waals surface area contributed by atoms with Crippen LogP contribution in [0.4, 0.5) is 5.69 Å². The Morgan fingerprint density at radius 3 is 2.79 bits per heavy atom. The number of aryl methyl sites for hydroxylation is 1. The van der Waals surface area contributed by atoms with E-state index in [1.807, 2.05) is 59.1 Å². The highest BCUT2D eigenvalue weighted by Gasteiger charge is 2.30. The highest BCUT2D eigenvalue weighted by Crippen LogP contribution is 2.32. The van der Waals surface area contributed by atoms with Gasteiger partial charge >= 0.3 is 0 Å². The Bertz CT molecular complexity index is 855. The zero-order valence-electron chi connectivity index (χ0n) is 13.5. The molecular formula is C19H18N4O. The summed E-state index contributed by atoms with van der Waals surface area (Å²) in [7, 11) is 0. The van der Waals surface area contributed by atoms with Crippen molar-refractivity contribution in [3.8, 4) is 0 Å². The Kier molecular flexibility index (Phi) is 3.61. The minimum Gasteiger partial charge on any atom is -0.306 e.